The van der Waals surface area contributed by atoms with Crippen LogP contribution in [0.3, 0.4) is 0 Å². The van der Waals surface area contributed by atoms with Gasteiger partial charge >= 0.3 is 6.09 Å². The van der Waals surface area contributed by atoms with Crippen molar-refractivity contribution in [2.24, 2.45) is 4.99 Å². The highest BCUT2D eigenvalue weighted by Gasteiger charge is 2.28. The summed E-state index contributed by atoms with van der Waals surface area (Å²) in [4.78, 5) is 17.8. The van der Waals surface area contributed by atoms with E-state index in [-0.39, 0.29) is 6.09 Å². The van der Waals surface area contributed by atoms with Crippen LogP contribution < -0.4 is 0 Å². The van der Waals surface area contributed by atoms with Gasteiger partial charge in [-0.25, -0.2) is 14.4 Å². The summed E-state index contributed by atoms with van der Waals surface area (Å²) in [6.45, 7) is 5.65. The van der Waals surface area contributed by atoms with Gasteiger partial charge in [-0.1, -0.05) is 30.4 Å². The molecule has 1 aromatic heterocycles. The lowest BCUT2D eigenvalue weighted by molar-refractivity contribution is 0.0551. The lowest BCUT2D eigenvalue weighted by Gasteiger charge is -2.20. The Morgan fingerprint density at radius 1 is 1.11 bits per heavy atom. The molecule has 1 aliphatic carbocycles. The van der Waals surface area contributed by atoms with Crippen LogP contribution >= 0.6 is 0 Å². The van der Waals surface area contributed by atoms with Gasteiger partial charge in [0, 0.05) is 21.9 Å². The average molecular weight is 356 g/mol. The van der Waals surface area contributed by atoms with Gasteiger partial charge in [-0.3, -0.25) is 0 Å². The number of allylic oxidation sites excluding steroid dienone is 4. The van der Waals surface area contributed by atoms with Crippen molar-refractivity contribution in [1.82, 2.24) is 4.57 Å². The number of benzene rings is 2. The first-order valence-electron chi connectivity index (χ1n) is 9.20. The van der Waals surface area contributed by atoms with E-state index < -0.39 is 5.60 Å². The van der Waals surface area contributed by atoms with Crippen LogP contribution in [0.5, 0.6) is 0 Å². The number of carbonyl (C=O) groups excluding carboxylic acids is 1. The summed E-state index contributed by atoms with van der Waals surface area (Å²) in [5.74, 6) is 0. The molecule has 0 radical (unpaired) electrons. The first-order chi connectivity index (χ1) is 12.9. The highest BCUT2D eigenvalue weighted by Crippen LogP contribution is 2.45. The molecule has 0 bridgehead atoms. The van der Waals surface area contributed by atoms with Gasteiger partial charge in [0.2, 0.25) is 0 Å². The van der Waals surface area contributed by atoms with E-state index in [2.05, 4.69) is 24.3 Å². The Bertz CT molecular complexity index is 1220. The van der Waals surface area contributed by atoms with Crippen molar-refractivity contribution in [3.05, 3.63) is 60.2 Å². The predicted octanol–water partition coefficient (Wildman–Crippen LogP) is 6.01. The van der Waals surface area contributed by atoms with Gasteiger partial charge in [-0.05, 0) is 51.5 Å². The summed E-state index contributed by atoms with van der Waals surface area (Å²) in [5.41, 5.74) is 5.39. The molecule has 2 aliphatic rings. The monoisotopic (exact) mass is 356 g/mol. The standard InChI is InChI=1S/C23H20N2O2/c1-23(2,3)27-22(26)25-18-11-7-5-9-15(18)21-19(25)13-12-17-20(21)14-8-4-6-10-16(14)24-17/h5-13H,4H2,1-3H3. The summed E-state index contributed by atoms with van der Waals surface area (Å²) in [6, 6.07) is 12.0. The number of nitrogens with zero attached hydrogens (tertiary/aromatic N) is 2. The molecular weight excluding hydrogens is 336 g/mol. The van der Waals surface area contributed by atoms with Crippen LogP contribution in [-0.2, 0) is 4.74 Å². The zero-order valence-electron chi connectivity index (χ0n) is 15.6. The van der Waals surface area contributed by atoms with Crippen LogP contribution in [0.15, 0.2) is 59.6 Å². The summed E-state index contributed by atoms with van der Waals surface area (Å²) in [5, 5.41) is 2.11. The first kappa shape index (κ1) is 16.1. The van der Waals surface area contributed by atoms with E-state index in [4.69, 9.17) is 9.73 Å². The Labute approximate surface area is 157 Å². The van der Waals surface area contributed by atoms with Crippen molar-refractivity contribution >= 4 is 44.9 Å². The van der Waals surface area contributed by atoms with Crippen molar-refractivity contribution in [3.8, 4) is 0 Å². The summed E-state index contributed by atoms with van der Waals surface area (Å²) < 4.78 is 7.38. The molecule has 2 heterocycles. The van der Waals surface area contributed by atoms with E-state index in [0.717, 1.165) is 50.8 Å². The molecule has 27 heavy (non-hydrogen) atoms. The maximum absolute atomic E-state index is 13.0. The molecule has 0 spiro atoms. The van der Waals surface area contributed by atoms with Crippen molar-refractivity contribution in [2.45, 2.75) is 32.8 Å². The molecule has 0 amide bonds. The normalized spacial score (nSPS) is 15.5. The van der Waals surface area contributed by atoms with Crippen LogP contribution in [0.25, 0.3) is 27.4 Å². The Balaban J connectivity index is 1.84. The molecule has 1 aliphatic heterocycles. The number of aliphatic imine (C=N–C) groups is 1. The fourth-order valence-electron chi connectivity index (χ4n) is 3.94. The Morgan fingerprint density at radius 2 is 1.93 bits per heavy atom. The van der Waals surface area contributed by atoms with Gasteiger partial charge in [-0.15, -0.1) is 0 Å². The van der Waals surface area contributed by atoms with Crippen molar-refractivity contribution in [1.29, 1.82) is 0 Å². The average Bonchev–Trinajstić information content (AvgIpc) is 3.15. The van der Waals surface area contributed by atoms with Crippen LogP contribution in [0, 0.1) is 0 Å². The molecule has 0 saturated heterocycles. The number of ether oxygens (including phenoxy) is 1. The molecule has 2 aromatic carbocycles. The highest BCUT2D eigenvalue weighted by atomic mass is 16.6. The largest absolute Gasteiger partial charge is 0.443 e. The van der Waals surface area contributed by atoms with Gasteiger partial charge in [-0.2, -0.15) is 0 Å². The molecule has 4 nitrogen and oxygen atoms in total. The van der Waals surface area contributed by atoms with Gasteiger partial charge in [0.15, 0.2) is 0 Å². The number of fused-ring (bicyclic) bond motifs is 7. The van der Waals surface area contributed by atoms with E-state index in [1.807, 2.05) is 51.1 Å². The van der Waals surface area contributed by atoms with E-state index in [0.29, 0.717) is 0 Å². The fraction of sp³-hybridized carbons (Fsp3) is 0.217. The minimum atomic E-state index is -0.557. The van der Waals surface area contributed by atoms with Crippen LogP contribution in [0.2, 0.25) is 0 Å². The lowest BCUT2D eigenvalue weighted by atomic mass is 9.94. The molecule has 0 N–H and O–H groups in total. The Morgan fingerprint density at radius 3 is 2.74 bits per heavy atom. The van der Waals surface area contributed by atoms with Gasteiger partial charge in [0.1, 0.15) is 5.60 Å². The number of aromatic nitrogens is 1. The van der Waals surface area contributed by atoms with E-state index in [1.165, 1.54) is 0 Å². The van der Waals surface area contributed by atoms with Crippen molar-refractivity contribution in [2.75, 3.05) is 0 Å². The minimum absolute atomic E-state index is 0.356. The number of hydrogen-bond donors (Lipinski definition) is 0. The van der Waals surface area contributed by atoms with E-state index >= 15 is 0 Å². The molecular formula is C23H20N2O2. The number of para-hydroxylation sites is 1. The first-order valence-corrected chi connectivity index (χ1v) is 9.20. The predicted molar refractivity (Wildman–Crippen MR) is 110 cm³/mol. The number of carbonyl (C=O) groups is 1. The van der Waals surface area contributed by atoms with Crippen molar-refractivity contribution < 1.29 is 9.53 Å². The van der Waals surface area contributed by atoms with Crippen molar-refractivity contribution in [3.63, 3.8) is 0 Å². The van der Waals surface area contributed by atoms with Crippen LogP contribution in [0.1, 0.15) is 32.8 Å². The molecule has 4 heteroatoms. The van der Waals surface area contributed by atoms with Crippen LogP contribution in [0.4, 0.5) is 10.5 Å². The van der Waals surface area contributed by atoms with E-state index in [9.17, 15) is 4.79 Å². The molecule has 0 atom stereocenters. The second-order valence-corrected chi connectivity index (χ2v) is 7.94. The summed E-state index contributed by atoms with van der Waals surface area (Å²) >= 11 is 0. The SMILES string of the molecule is CC(C)(C)OC(=O)n1c2ccccc2c2c3c(ccc21)N=C1C=CCC=C13. The highest BCUT2D eigenvalue weighted by molar-refractivity contribution is 6.38. The molecule has 0 unspecified atom stereocenters. The summed E-state index contributed by atoms with van der Waals surface area (Å²) in [6.07, 6.45) is 6.95. The molecule has 0 saturated carbocycles. The smallest absolute Gasteiger partial charge is 0.419 e. The molecule has 5 rings (SSSR count). The minimum Gasteiger partial charge on any atom is -0.443 e. The quantitative estimate of drug-likeness (QED) is 0.495. The number of rotatable bonds is 0. The zero-order chi connectivity index (χ0) is 18.8. The molecule has 134 valence electrons. The van der Waals surface area contributed by atoms with Gasteiger partial charge < -0.3 is 4.74 Å². The number of hydrogen-bond acceptors (Lipinski definition) is 3. The maximum Gasteiger partial charge on any atom is 0.419 e. The van der Waals surface area contributed by atoms with Gasteiger partial charge in [0.05, 0.1) is 22.4 Å². The van der Waals surface area contributed by atoms with Crippen LogP contribution in [-0.4, -0.2) is 22.0 Å². The fourth-order valence-corrected chi connectivity index (χ4v) is 3.94. The lowest BCUT2D eigenvalue weighted by Crippen LogP contribution is -2.27. The maximum atomic E-state index is 13.0. The Hall–Kier alpha value is -3.14. The molecule has 3 aromatic rings. The van der Waals surface area contributed by atoms with E-state index in [1.54, 1.807) is 4.57 Å². The second kappa shape index (κ2) is 5.43. The Kier molecular flexibility index (Phi) is 3.23. The third kappa shape index (κ3) is 2.36. The molecule has 0 fully saturated rings. The van der Waals surface area contributed by atoms with Gasteiger partial charge in [0.25, 0.3) is 0 Å². The third-order valence-corrected chi connectivity index (χ3v) is 4.91. The second-order valence-electron chi connectivity index (χ2n) is 7.94. The zero-order valence-corrected chi connectivity index (χ0v) is 15.6. The topological polar surface area (TPSA) is 43.6 Å². The summed E-state index contributed by atoms with van der Waals surface area (Å²) in [7, 11) is 0. The third-order valence-electron chi connectivity index (χ3n) is 4.91.